The van der Waals surface area contributed by atoms with Crippen LogP contribution in [0.2, 0.25) is 0 Å². The van der Waals surface area contributed by atoms with Crippen LogP contribution in [0, 0.1) is 0 Å². The predicted octanol–water partition coefficient (Wildman–Crippen LogP) is 1.76. The molecule has 0 aliphatic heterocycles. The van der Waals surface area contributed by atoms with Crippen molar-refractivity contribution in [2.24, 2.45) is 0 Å². The molecule has 0 aromatic heterocycles. The van der Waals surface area contributed by atoms with Gasteiger partial charge in [0, 0.05) is 19.0 Å². The van der Waals surface area contributed by atoms with Gasteiger partial charge in [0.15, 0.2) is 0 Å². The van der Waals surface area contributed by atoms with Gasteiger partial charge in [-0.05, 0) is 7.36 Å². The monoisotopic (exact) mass is 148 g/mol. The standard InChI is InChI=1S/C5H9OPS/c1-2-5(6)3-4-7-8/h2-4H2,1H3. The minimum Gasteiger partial charge on any atom is -0.300 e. The van der Waals surface area contributed by atoms with E-state index in [0.29, 0.717) is 18.6 Å². The van der Waals surface area contributed by atoms with Gasteiger partial charge in [0.2, 0.25) is 0 Å². The Balaban J connectivity index is 3.11. The first-order valence-electron chi connectivity index (χ1n) is 2.62. The van der Waals surface area contributed by atoms with E-state index in [9.17, 15) is 4.79 Å². The third kappa shape index (κ3) is 4.35. The molecule has 1 nitrogen and oxygen atoms in total. The van der Waals surface area contributed by atoms with E-state index in [4.69, 9.17) is 0 Å². The lowest BCUT2D eigenvalue weighted by molar-refractivity contribution is -0.118. The van der Waals surface area contributed by atoms with E-state index in [-0.39, 0.29) is 0 Å². The fourth-order valence-corrected chi connectivity index (χ4v) is 0.962. The molecule has 0 aromatic rings. The van der Waals surface area contributed by atoms with Gasteiger partial charge >= 0.3 is 0 Å². The second-order valence-corrected chi connectivity index (χ2v) is 2.97. The number of Topliss-reactive ketones (excluding diaryl/α,β-unsaturated/α-hetero) is 1. The summed E-state index contributed by atoms with van der Waals surface area (Å²) < 4.78 is 0. The van der Waals surface area contributed by atoms with Gasteiger partial charge in [-0.3, -0.25) is 4.79 Å². The Bertz CT molecular complexity index is 92.4. The average molecular weight is 148 g/mol. The summed E-state index contributed by atoms with van der Waals surface area (Å²) in [6.45, 7) is 1.88. The lowest BCUT2D eigenvalue weighted by atomic mass is 10.2. The average Bonchev–Trinajstić information content (AvgIpc) is 1.83. The largest absolute Gasteiger partial charge is 0.300 e. The summed E-state index contributed by atoms with van der Waals surface area (Å²) in [6, 6.07) is 0. The molecule has 0 radical (unpaired) electrons. The van der Waals surface area contributed by atoms with Crippen molar-refractivity contribution in [1.82, 2.24) is 0 Å². The third-order valence-electron chi connectivity index (χ3n) is 0.876. The molecule has 0 aromatic carbocycles. The highest BCUT2D eigenvalue weighted by Crippen LogP contribution is 1.97. The Kier molecular flexibility index (Phi) is 5.46. The van der Waals surface area contributed by atoms with Crippen molar-refractivity contribution in [2.75, 3.05) is 6.16 Å². The number of rotatable bonds is 4. The maximum atomic E-state index is 10.5. The van der Waals surface area contributed by atoms with Gasteiger partial charge in [-0.2, -0.15) is 0 Å². The fraction of sp³-hybridized carbons (Fsp3) is 0.800. The van der Waals surface area contributed by atoms with E-state index in [0.717, 1.165) is 13.5 Å². The molecule has 0 N–H and O–H groups in total. The Hall–Kier alpha value is 0.190. The van der Waals surface area contributed by atoms with Gasteiger partial charge in [-0.15, -0.1) is 0 Å². The molecule has 46 valence electrons. The summed E-state index contributed by atoms with van der Waals surface area (Å²) in [5, 5.41) is 0. The normalized spacial score (nSPS) is 9.62. The van der Waals surface area contributed by atoms with Crippen molar-refractivity contribution in [3.05, 3.63) is 0 Å². The van der Waals surface area contributed by atoms with Crippen LogP contribution in [0.25, 0.3) is 0 Å². The maximum Gasteiger partial charge on any atom is 0.133 e. The van der Waals surface area contributed by atoms with Gasteiger partial charge in [-0.1, -0.05) is 18.7 Å². The summed E-state index contributed by atoms with van der Waals surface area (Å²) in [7, 11) is 0.912. The number of carbonyl (C=O) groups excluding carboxylic acids is 1. The lowest BCUT2D eigenvalue weighted by Crippen LogP contribution is -1.93. The number of hydrogen-bond acceptors (Lipinski definition) is 2. The zero-order chi connectivity index (χ0) is 6.41. The minimum atomic E-state index is 0.322. The summed E-state index contributed by atoms with van der Waals surface area (Å²) in [5.74, 6) is 0.322. The van der Waals surface area contributed by atoms with Crippen LogP contribution in [-0.2, 0) is 16.6 Å². The van der Waals surface area contributed by atoms with Crippen LogP contribution in [0.5, 0.6) is 0 Å². The van der Waals surface area contributed by atoms with E-state index in [1.807, 2.05) is 6.92 Å². The molecule has 0 amide bonds. The molecule has 0 rings (SSSR count). The molecule has 0 aliphatic rings. The first kappa shape index (κ1) is 8.19. The second-order valence-electron chi connectivity index (χ2n) is 1.49. The number of ketones is 1. The van der Waals surface area contributed by atoms with Crippen LogP contribution in [0.15, 0.2) is 0 Å². The first-order chi connectivity index (χ1) is 3.81. The SMILES string of the molecule is CCC(=O)CCP=S. The van der Waals surface area contributed by atoms with Crippen LogP contribution in [0.3, 0.4) is 0 Å². The van der Waals surface area contributed by atoms with Crippen LogP contribution in [0.4, 0.5) is 0 Å². The van der Waals surface area contributed by atoms with Gasteiger partial charge < -0.3 is 0 Å². The van der Waals surface area contributed by atoms with Gasteiger partial charge in [0.1, 0.15) is 5.78 Å². The van der Waals surface area contributed by atoms with E-state index in [1.165, 1.54) is 0 Å². The van der Waals surface area contributed by atoms with Gasteiger partial charge in [0.05, 0.1) is 0 Å². The minimum absolute atomic E-state index is 0.322. The molecule has 0 bridgehead atoms. The molecule has 3 heteroatoms. The highest BCUT2D eigenvalue weighted by atomic mass is 32.4. The smallest absolute Gasteiger partial charge is 0.133 e. The van der Waals surface area contributed by atoms with Crippen molar-refractivity contribution in [1.29, 1.82) is 0 Å². The van der Waals surface area contributed by atoms with Crippen molar-refractivity contribution in [3.8, 4) is 0 Å². The van der Waals surface area contributed by atoms with Crippen molar-refractivity contribution < 1.29 is 4.79 Å². The number of hydrogen-bond donors (Lipinski definition) is 0. The van der Waals surface area contributed by atoms with E-state index in [2.05, 4.69) is 11.8 Å². The highest BCUT2D eigenvalue weighted by Gasteiger charge is 1.93. The molecule has 8 heavy (non-hydrogen) atoms. The summed E-state index contributed by atoms with van der Waals surface area (Å²) in [4.78, 5) is 10.5. The van der Waals surface area contributed by atoms with E-state index < -0.39 is 0 Å². The van der Waals surface area contributed by atoms with Crippen LogP contribution < -0.4 is 0 Å². The second kappa shape index (κ2) is 5.33. The van der Waals surface area contributed by atoms with Crippen molar-refractivity contribution >= 4 is 24.9 Å². The Labute approximate surface area is 56.3 Å². The van der Waals surface area contributed by atoms with Gasteiger partial charge in [0.25, 0.3) is 0 Å². The van der Waals surface area contributed by atoms with Crippen LogP contribution in [0.1, 0.15) is 19.8 Å². The zero-order valence-corrected chi connectivity index (χ0v) is 6.60. The molecule has 0 heterocycles. The fourth-order valence-electron chi connectivity index (χ4n) is 0.347. The quantitative estimate of drug-likeness (QED) is 0.565. The molecule has 0 aliphatic carbocycles. The molecular formula is C5H9OPS. The Morgan fingerprint density at radius 1 is 1.75 bits per heavy atom. The zero-order valence-electron chi connectivity index (χ0n) is 4.89. The Morgan fingerprint density at radius 2 is 2.38 bits per heavy atom. The molecule has 0 atom stereocenters. The molecule has 0 unspecified atom stereocenters. The topological polar surface area (TPSA) is 17.1 Å². The summed E-state index contributed by atoms with van der Waals surface area (Å²) in [6.07, 6.45) is 2.18. The predicted molar refractivity (Wildman–Crippen MR) is 39.1 cm³/mol. The van der Waals surface area contributed by atoms with E-state index in [1.54, 1.807) is 0 Å². The molecular weight excluding hydrogens is 139 g/mol. The van der Waals surface area contributed by atoms with Gasteiger partial charge in [-0.25, -0.2) is 0 Å². The molecule has 0 saturated heterocycles. The summed E-state index contributed by atoms with van der Waals surface area (Å²) >= 11 is 4.64. The maximum absolute atomic E-state index is 10.5. The van der Waals surface area contributed by atoms with Crippen LogP contribution in [-0.4, -0.2) is 11.9 Å². The Morgan fingerprint density at radius 3 is 2.75 bits per heavy atom. The van der Waals surface area contributed by atoms with E-state index >= 15 is 0 Å². The third-order valence-corrected chi connectivity index (χ3v) is 1.83. The molecule has 0 spiro atoms. The summed E-state index contributed by atoms with van der Waals surface area (Å²) in [5.41, 5.74) is 0. The molecule has 0 saturated carbocycles. The highest BCUT2D eigenvalue weighted by molar-refractivity contribution is 7.96. The lowest BCUT2D eigenvalue weighted by Gasteiger charge is -1.87. The first-order valence-corrected chi connectivity index (χ1v) is 4.71. The number of carbonyl (C=O) groups is 1. The van der Waals surface area contributed by atoms with Crippen molar-refractivity contribution in [3.63, 3.8) is 0 Å². The van der Waals surface area contributed by atoms with Crippen molar-refractivity contribution in [2.45, 2.75) is 19.8 Å². The molecule has 0 fully saturated rings. The van der Waals surface area contributed by atoms with Crippen LogP contribution >= 0.6 is 7.36 Å².